The number of halogens is 1. The maximum Gasteiger partial charge on any atom is 0.0771 e. The van der Waals surface area contributed by atoms with Gasteiger partial charge in [-0.2, -0.15) is 0 Å². The summed E-state index contributed by atoms with van der Waals surface area (Å²) in [5.74, 6) is 6.32. The molecule has 1 aromatic carbocycles. The van der Waals surface area contributed by atoms with Gasteiger partial charge < -0.3 is 15.6 Å². The number of aliphatic hydroxyl groups excluding tert-OH is 1. The lowest BCUT2D eigenvalue weighted by Gasteiger charge is -2.20. The van der Waals surface area contributed by atoms with Crippen molar-refractivity contribution in [1.82, 2.24) is 0 Å². The molecule has 1 atom stereocenters. The van der Waals surface area contributed by atoms with E-state index >= 15 is 0 Å². The van der Waals surface area contributed by atoms with Crippen LogP contribution in [0.3, 0.4) is 0 Å². The molecule has 1 heterocycles. The zero-order chi connectivity index (χ0) is 18.1. The van der Waals surface area contributed by atoms with Crippen LogP contribution in [0.5, 0.6) is 0 Å². The monoisotopic (exact) mass is 377 g/mol. The molecule has 0 saturated heterocycles. The third kappa shape index (κ3) is 7.60. The van der Waals surface area contributed by atoms with E-state index in [9.17, 15) is 5.11 Å². The number of rotatable bonds is 8. The molecule has 3 nitrogen and oxygen atoms in total. The summed E-state index contributed by atoms with van der Waals surface area (Å²) in [6.45, 7) is 3.05. The van der Waals surface area contributed by atoms with Crippen molar-refractivity contribution in [3.63, 3.8) is 0 Å². The summed E-state index contributed by atoms with van der Waals surface area (Å²) in [5, 5.41) is 9.92. The van der Waals surface area contributed by atoms with Gasteiger partial charge in [0.2, 0.25) is 0 Å². The second-order valence-corrected chi connectivity index (χ2v) is 7.91. The highest BCUT2D eigenvalue weighted by Gasteiger charge is 2.16. The molecular weight excluding hydrogens is 354 g/mol. The topological polar surface area (TPSA) is 55.5 Å². The molecule has 0 bridgehead atoms. The molecule has 0 spiro atoms. The highest BCUT2D eigenvalue weighted by Crippen LogP contribution is 2.19. The predicted octanol–water partition coefficient (Wildman–Crippen LogP) is 4.00. The number of hydrogen-bond donors (Lipinski definition) is 2. The zero-order valence-electron chi connectivity index (χ0n) is 14.4. The van der Waals surface area contributed by atoms with Crippen LogP contribution in [0.4, 0.5) is 0 Å². The third-order valence-corrected chi connectivity index (χ3v) is 5.04. The minimum absolute atomic E-state index is 0.00105. The Labute approximate surface area is 158 Å². The molecule has 0 aliphatic heterocycles. The molecule has 1 aromatic heterocycles. The van der Waals surface area contributed by atoms with Crippen LogP contribution < -0.4 is 5.73 Å². The first-order chi connectivity index (χ1) is 12.0. The fraction of sp³-hybridized carbons (Fsp3) is 0.400. The van der Waals surface area contributed by atoms with Crippen LogP contribution in [0.1, 0.15) is 35.1 Å². The van der Waals surface area contributed by atoms with Gasteiger partial charge in [-0.15, -0.1) is 11.3 Å². The first-order valence-electron chi connectivity index (χ1n) is 8.28. The second kappa shape index (κ2) is 9.96. The number of aliphatic hydroxyl groups is 1. The van der Waals surface area contributed by atoms with Gasteiger partial charge in [0.1, 0.15) is 0 Å². The van der Waals surface area contributed by atoms with Crippen molar-refractivity contribution in [1.29, 1.82) is 0 Å². The highest BCUT2D eigenvalue weighted by molar-refractivity contribution is 7.12. The molecule has 2 aromatic rings. The fourth-order valence-electron chi connectivity index (χ4n) is 2.11. The van der Waals surface area contributed by atoms with Gasteiger partial charge in [0, 0.05) is 21.9 Å². The molecule has 0 radical (unpaired) electrons. The first kappa shape index (κ1) is 20.0. The molecule has 3 N–H and O–H groups in total. The Morgan fingerprint density at radius 2 is 2.00 bits per heavy atom. The van der Waals surface area contributed by atoms with Crippen molar-refractivity contribution in [2.75, 3.05) is 13.2 Å². The van der Waals surface area contributed by atoms with Gasteiger partial charge in [-0.05, 0) is 49.6 Å². The van der Waals surface area contributed by atoms with E-state index < -0.39 is 5.54 Å². The summed E-state index contributed by atoms with van der Waals surface area (Å²) in [6.07, 6.45) is 2.33. The minimum atomic E-state index is -0.517. The first-order valence-corrected chi connectivity index (χ1v) is 9.47. The average Bonchev–Trinajstić information content (AvgIpc) is 3.06. The van der Waals surface area contributed by atoms with E-state index in [0.717, 1.165) is 28.3 Å². The van der Waals surface area contributed by atoms with Gasteiger partial charge in [-0.3, -0.25) is 0 Å². The largest absolute Gasteiger partial charge is 0.394 e. The lowest BCUT2D eigenvalue weighted by molar-refractivity contribution is 0.126. The minimum Gasteiger partial charge on any atom is -0.394 e. The van der Waals surface area contributed by atoms with Crippen molar-refractivity contribution in [2.45, 2.75) is 38.3 Å². The van der Waals surface area contributed by atoms with E-state index in [1.54, 1.807) is 11.3 Å². The Bertz CT molecular complexity index is 713. The second-order valence-electron chi connectivity index (χ2n) is 6.31. The molecule has 0 amide bonds. The summed E-state index contributed by atoms with van der Waals surface area (Å²) in [6, 6.07) is 11.8. The summed E-state index contributed by atoms with van der Waals surface area (Å²) in [4.78, 5) is 2.30. The molecule has 25 heavy (non-hydrogen) atoms. The van der Waals surface area contributed by atoms with Crippen molar-refractivity contribution < 1.29 is 9.84 Å². The zero-order valence-corrected chi connectivity index (χ0v) is 16.0. The average molecular weight is 378 g/mol. The lowest BCUT2D eigenvalue weighted by atomic mass is 9.98. The molecule has 134 valence electrons. The Morgan fingerprint density at radius 1 is 1.24 bits per heavy atom. The number of nitrogens with two attached hydrogens (primary N) is 1. The number of aryl methyl sites for hydroxylation is 1. The normalized spacial score (nSPS) is 13.1. The number of thiophene rings is 1. The van der Waals surface area contributed by atoms with E-state index in [1.807, 2.05) is 37.3 Å². The van der Waals surface area contributed by atoms with E-state index in [4.69, 9.17) is 22.1 Å². The van der Waals surface area contributed by atoms with E-state index in [-0.39, 0.29) is 6.61 Å². The van der Waals surface area contributed by atoms with Crippen LogP contribution in [0.15, 0.2) is 36.4 Å². The Balaban J connectivity index is 1.68. The molecule has 2 rings (SSSR count). The Morgan fingerprint density at radius 3 is 2.72 bits per heavy atom. The smallest absolute Gasteiger partial charge is 0.0771 e. The molecule has 1 unspecified atom stereocenters. The molecule has 0 aliphatic carbocycles. The van der Waals surface area contributed by atoms with Gasteiger partial charge in [-0.25, -0.2) is 0 Å². The third-order valence-electron chi connectivity index (χ3n) is 3.73. The van der Waals surface area contributed by atoms with Crippen molar-refractivity contribution in [3.8, 4) is 11.8 Å². The van der Waals surface area contributed by atoms with Crippen molar-refractivity contribution in [3.05, 3.63) is 56.7 Å². The van der Waals surface area contributed by atoms with Crippen molar-refractivity contribution in [2.24, 2.45) is 5.73 Å². The number of hydrogen-bond acceptors (Lipinski definition) is 4. The summed E-state index contributed by atoms with van der Waals surface area (Å²) < 4.78 is 5.61. The fourth-order valence-corrected chi connectivity index (χ4v) is 3.12. The van der Waals surface area contributed by atoms with E-state index in [1.165, 1.54) is 4.88 Å². The van der Waals surface area contributed by atoms with Crippen LogP contribution in [0, 0.1) is 11.8 Å². The molecule has 0 aliphatic rings. The van der Waals surface area contributed by atoms with Crippen LogP contribution in [0.25, 0.3) is 0 Å². The van der Waals surface area contributed by atoms with Crippen LogP contribution in [0.2, 0.25) is 5.02 Å². The molecule has 0 fully saturated rings. The predicted molar refractivity (Wildman–Crippen MR) is 105 cm³/mol. The summed E-state index contributed by atoms with van der Waals surface area (Å²) in [7, 11) is 0. The van der Waals surface area contributed by atoms with Crippen molar-refractivity contribution >= 4 is 22.9 Å². The SMILES string of the molecule is CC(N)(CO)CCc1ccc(C#CCCOCc2ccc(Cl)cc2)s1. The maximum absolute atomic E-state index is 9.19. The van der Waals surface area contributed by atoms with Gasteiger partial charge in [0.25, 0.3) is 0 Å². The summed E-state index contributed by atoms with van der Waals surface area (Å²) >= 11 is 7.53. The lowest BCUT2D eigenvalue weighted by Crippen LogP contribution is -2.40. The van der Waals surface area contributed by atoms with E-state index in [2.05, 4.69) is 17.9 Å². The number of benzene rings is 1. The van der Waals surface area contributed by atoms with Crippen LogP contribution in [-0.2, 0) is 17.8 Å². The summed E-state index contributed by atoms with van der Waals surface area (Å²) in [5.41, 5.74) is 6.54. The molecule has 5 heteroatoms. The highest BCUT2D eigenvalue weighted by atomic mass is 35.5. The van der Waals surface area contributed by atoms with Crippen LogP contribution >= 0.6 is 22.9 Å². The van der Waals surface area contributed by atoms with Crippen LogP contribution in [-0.4, -0.2) is 23.9 Å². The standard InChI is InChI=1S/C20H24ClNO2S/c1-20(22,15-23)12-11-19-10-9-18(25-19)4-2-3-13-24-14-16-5-7-17(21)8-6-16/h5-10,23H,3,11-15,22H2,1H3. The molecular formula is C20H24ClNO2S. The Hall–Kier alpha value is -1.35. The molecule has 0 saturated carbocycles. The van der Waals surface area contributed by atoms with Gasteiger partial charge in [0.15, 0.2) is 0 Å². The Kier molecular flexibility index (Phi) is 7.95. The van der Waals surface area contributed by atoms with E-state index in [0.29, 0.717) is 19.6 Å². The quantitative estimate of drug-likeness (QED) is 0.540. The maximum atomic E-state index is 9.19. The van der Waals surface area contributed by atoms with Gasteiger partial charge in [0.05, 0.1) is 24.7 Å². The number of ether oxygens (including phenoxy) is 1. The van der Waals surface area contributed by atoms with Gasteiger partial charge >= 0.3 is 0 Å². The van der Waals surface area contributed by atoms with Gasteiger partial charge in [-0.1, -0.05) is 35.6 Å².